The van der Waals surface area contributed by atoms with Gasteiger partial charge in [-0.05, 0) is 55.2 Å². The van der Waals surface area contributed by atoms with Crippen molar-refractivity contribution in [3.8, 4) is 5.75 Å². The number of carbonyl (C=O) groups excluding carboxylic acids is 1. The summed E-state index contributed by atoms with van der Waals surface area (Å²) in [4.78, 5) is 10.9. The van der Waals surface area contributed by atoms with Gasteiger partial charge in [-0.3, -0.25) is 0 Å². The number of unbranched alkanes of at least 4 members (excludes halogenated alkanes) is 1. The van der Waals surface area contributed by atoms with Crippen LogP contribution in [0.2, 0.25) is 0 Å². The lowest BCUT2D eigenvalue weighted by Gasteiger charge is -2.28. The van der Waals surface area contributed by atoms with E-state index >= 15 is 0 Å². The molecule has 0 amide bonds. The molecule has 3 nitrogen and oxygen atoms in total. The third kappa shape index (κ3) is 8.64. The van der Waals surface area contributed by atoms with E-state index < -0.39 is 0 Å². The quantitative estimate of drug-likeness (QED) is 0.252. The van der Waals surface area contributed by atoms with Crippen LogP contribution in [0.15, 0.2) is 36.9 Å². The monoisotopic (exact) mass is 372 g/mol. The second kappa shape index (κ2) is 12.6. The Morgan fingerprint density at radius 2 is 1.67 bits per heavy atom. The van der Waals surface area contributed by atoms with Crippen molar-refractivity contribution in [3.63, 3.8) is 0 Å². The molecule has 0 saturated heterocycles. The molecule has 0 spiro atoms. The second-order valence-electron chi connectivity index (χ2n) is 7.79. The minimum absolute atomic E-state index is 0.361. The number of benzene rings is 1. The number of aryl methyl sites for hydroxylation is 1. The van der Waals surface area contributed by atoms with E-state index in [4.69, 9.17) is 9.47 Å². The van der Waals surface area contributed by atoms with Crippen LogP contribution < -0.4 is 4.74 Å². The SMILES string of the molecule is C=CC(=O)OCCCCOc1ccc(CCC2CCC(CCC)CC2)cc1. The molecule has 0 N–H and O–H groups in total. The molecular weight excluding hydrogens is 336 g/mol. The van der Waals surface area contributed by atoms with Crippen molar-refractivity contribution in [1.29, 1.82) is 0 Å². The van der Waals surface area contributed by atoms with E-state index in [0.717, 1.165) is 30.4 Å². The molecule has 0 aromatic heterocycles. The Balaban J connectivity index is 1.57. The van der Waals surface area contributed by atoms with Gasteiger partial charge in [0.05, 0.1) is 13.2 Å². The molecule has 27 heavy (non-hydrogen) atoms. The summed E-state index contributed by atoms with van der Waals surface area (Å²) in [5.74, 6) is 2.48. The summed E-state index contributed by atoms with van der Waals surface area (Å²) in [5.41, 5.74) is 1.41. The van der Waals surface area contributed by atoms with Gasteiger partial charge in [0, 0.05) is 6.08 Å². The summed E-state index contributed by atoms with van der Waals surface area (Å²) in [6, 6.07) is 8.55. The van der Waals surface area contributed by atoms with Crippen LogP contribution in [0.3, 0.4) is 0 Å². The number of carbonyl (C=O) groups is 1. The van der Waals surface area contributed by atoms with Gasteiger partial charge >= 0.3 is 5.97 Å². The highest BCUT2D eigenvalue weighted by Gasteiger charge is 2.20. The van der Waals surface area contributed by atoms with E-state index in [1.54, 1.807) is 0 Å². The molecule has 0 radical (unpaired) electrons. The van der Waals surface area contributed by atoms with Crippen molar-refractivity contribution >= 4 is 5.97 Å². The molecule has 0 heterocycles. The van der Waals surface area contributed by atoms with Gasteiger partial charge in [0.15, 0.2) is 0 Å². The van der Waals surface area contributed by atoms with Crippen molar-refractivity contribution in [1.82, 2.24) is 0 Å². The average Bonchev–Trinajstić information content (AvgIpc) is 2.71. The molecule has 3 heteroatoms. The van der Waals surface area contributed by atoms with Crippen LogP contribution in [0.4, 0.5) is 0 Å². The first-order chi connectivity index (χ1) is 13.2. The first-order valence-electron chi connectivity index (χ1n) is 10.7. The summed E-state index contributed by atoms with van der Waals surface area (Å²) in [5, 5.41) is 0. The Morgan fingerprint density at radius 1 is 1.04 bits per heavy atom. The maximum absolute atomic E-state index is 10.9. The average molecular weight is 373 g/mol. The zero-order valence-corrected chi connectivity index (χ0v) is 17.0. The van der Waals surface area contributed by atoms with E-state index in [1.807, 2.05) is 0 Å². The summed E-state index contributed by atoms with van der Waals surface area (Å²) in [7, 11) is 0. The molecule has 0 unspecified atom stereocenters. The summed E-state index contributed by atoms with van der Waals surface area (Å²) >= 11 is 0. The maximum Gasteiger partial charge on any atom is 0.330 e. The predicted molar refractivity (Wildman–Crippen MR) is 111 cm³/mol. The molecule has 150 valence electrons. The van der Waals surface area contributed by atoms with Gasteiger partial charge in [0.2, 0.25) is 0 Å². The summed E-state index contributed by atoms with van der Waals surface area (Å²) < 4.78 is 10.7. The molecule has 0 bridgehead atoms. The van der Waals surface area contributed by atoms with Crippen LogP contribution in [0.1, 0.15) is 70.3 Å². The lowest BCUT2D eigenvalue weighted by Crippen LogP contribution is -2.15. The number of ether oxygens (including phenoxy) is 2. The highest BCUT2D eigenvalue weighted by Crippen LogP contribution is 2.33. The van der Waals surface area contributed by atoms with Crippen molar-refractivity contribution in [2.45, 2.75) is 71.1 Å². The summed E-state index contributed by atoms with van der Waals surface area (Å²) in [6.07, 6.45) is 13.9. The Morgan fingerprint density at radius 3 is 2.30 bits per heavy atom. The third-order valence-electron chi connectivity index (χ3n) is 5.65. The van der Waals surface area contributed by atoms with Gasteiger partial charge in [0.1, 0.15) is 5.75 Å². The largest absolute Gasteiger partial charge is 0.494 e. The topological polar surface area (TPSA) is 35.5 Å². The molecule has 1 aromatic carbocycles. The molecule has 1 aliphatic carbocycles. The highest BCUT2D eigenvalue weighted by molar-refractivity contribution is 5.81. The van der Waals surface area contributed by atoms with Gasteiger partial charge in [-0.25, -0.2) is 4.79 Å². The number of hydrogen-bond donors (Lipinski definition) is 0. The van der Waals surface area contributed by atoms with E-state index in [2.05, 4.69) is 37.8 Å². The second-order valence-corrected chi connectivity index (χ2v) is 7.79. The van der Waals surface area contributed by atoms with Gasteiger partial charge < -0.3 is 9.47 Å². The fourth-order valence-corrected chi connectivity index (χ4v) is 3.97. The zero-order chi connectivity index (χ0) is 19.3. The molecule has 1 fully saturated rings. The van der Waals surface area contributed by atoms with Gasteiger partial charge in [-0.2, -0.15) is 0 Å². The Kier molecular flexibility index (Phi) is 10.0. The number of rotatable bonds is 12. The summed E-state index contributed by atoms with van der Waals surface area (Å²) in [6.45, 7) is 6.75. The van der Waals surface area contributed by atoms with Gasteiger partial charge in [-0.1, -0.05) is 64.2 Å². The lowest BCUT2D eigenvalue weighted by atomic mass is 9.78. The molecule has 1 aliphatic rings. The van der Waals surface area contributed by atoms with Crippen LogP contribution in [-0.4, -0.2) is 19.2 Å². The Hall–Kier alpha value is -1.77. The van der Waals surface area contributed by atoms with Gasteiger partial charge in [0.25, 0.3) is 0 Å². The lowest BCUT2D eigenvalue weighted by molar-refractivity contribution is -0.137. The maximum atomic E-state index is 10.9. The first-order valence-corrected chi connectivity index (χ1v) is 10.7. The van der Waals surface area contributed by atoms with Crippen LogP contribution in [-0.2, 0) is 16.0 Å². The number of esters is 1. The van der Waals surface area contributed by atoms with Crippen molar-refractivity contribution in [2.24, 2.45) is 11.8 Å². The predicted octanol–water partition coefficient (Wildman–Crippen LogP) is 6.11. The first kappa shape index (κ1) is 21.5. The molecule has 2 rings (SSSR count). The Bertz CT molecular complexity index is 541. The normalized spacial score (nSPS) is 19.4. The minimum Gasteiger partial charge on any atom is -0.494 e. The van der Waals surface area contributed by atoms with Crippen LogP contribution in [0, 0.1) is 11.8 Å². The third-order valence-corrected chi connectivity index (χ3v) is 5.65. The molecule has 1 aromatic rings. The molecule has 0 atom stereocenters. The van der Waals surface area contributed by atoms with Crippen molar-refractivity contribution < 1.29 is 14.3 Å². The van der Waals surface area contributed by atoms with Crippen LogP contribution >= 0.6 is 0 Å². The van der Waals surface area contributed by atoms with E-state index in [-0.39, 0.29) is 5.97 Å². The fourth-order valence-electron chi connectivity index (χ4n) is 3.97. The van der Waals surface area contributed by atoms with Crippen LogP contribution in [0.25, 0.3) is 0 Å². The zero-order valence-electron chi connectivity index (χ0n) is 17.0. The Labute approximate surface area is 165 Å². The van der Waals surface area contributed by atoms with Crippen molar-refractivity contribution in [2.75, 3.05) is 13.2 Å². The fraction of sp³-hybridized carbons (Fsp3) is 0.625. The highest BCUT2D eigenvalue weighted by atomic mass is 16.5. The standard InChI is InChI=1S/C24H36O3/c1-3-7-20-8-10-21(11-9-20)12-13-22-14-16-23(17-15-22)26-18-5-6-19-27-24(25)4-2/h4,14-17,20-21H,2-3,5-13,18-19H2,1H3. The molecule has 1 saturated carbocycles. The van der Waals surface area contributed by atoms with E-state index in [1.165, 1.54) is 63.0 Å². The minimum atomic E-state index is -0.361. The van der Waals surface area contributed by atoms with Gasteiger partial charge in [-0.15, -0.1) is 0 Å². The smallest absolute Gasteiger partial charge is 0.330 e. The molecule has 0 aliphatic heterocycles. The molecular formula is C24H36O3. The van der Waals surface area contributed by atoms with E-state index in [9.17, 15) is 4.79 Å². The van der Waals surface area contributed by atoms with Crippen LogP contribution in [0.5, 0.6) is 5.75 Å². The van der Waals surface area contributed by atoms with E-state index in [0.29, 0.717) is 13.2 Å². The van der Waals surface area contributed by atoms with Crippen molar-refractivity contribution in [3.05, 3.63) is 42.5 Å². The number of hydrogen-bond acceptors (Lipinski definition) is 3.